The summed E-state index contributed by atoms with van der Waals surface area (Å²) < 4.78 is 43.6. The molecule has 0 spiro atoms. The van der Waals surface area contributed by atoms with Crippen molar-refractivity contribution in [3.8, 4) is 11.5 Å². The lowest BCUT2D eigenvalue weighted by atomic mass is 9.95. The highest BCUT2D eigenvalue weighted by atomic mass is 19.4. The van der Waals surface area contributed by atoms with Gasteiger partial charge < -0.3 is 4.42 Å². The number of H-pyrrole nitrogens is 1. The van der Waals surface area contributed by atoms with E-state index in [2.05, 4.69) is 9.52 Å². The molecule has 102 valence electrons. The second kappa shape index (κ2) is 4.56. The van der Waals surface area contributed by atoms with Gasteiger partial charge >= 0.3 is 11.9 Å². The van der Waals surface area contributed by atoms with Crippen LogP contribution in [0.4, 0.5) is 13.2 Å². The molecule has 0 radical (unpaired) electrons. The second-order valence-electron chi connectivity index (χ2n) is 4.37. The van der Waals surface area contributed by atoms with Crippen LogP contribution in [-0.2, 0) is 6.18 Å². The van der Waals surface area contributed by atoms with Crippen molar-refractivity contribution in [1.82, 2.24) is 10.2 Å². The fraction of sp³-hybridized carbons (Fsp3) is 0.333. The quantitative estimate of drug-likeness (QED) is 0.913. The molecule has 0 saturated carbocycles. The molecule has 1 aromatic carbocycles. The molecule has 0 fully saturated rings. The average Bonchev–Trinajstić information content (AvgIpc) is 2.74. The summed E-state index contributed by atoms with van der Waals surface area (Å²) >= 11 is 0. The van der Waals surface area contributed by atoms with Crippen molar-refractivity contribution in [3.05, 3.63) is 39.9 Å². The summed E-state index contributed by atoms with van der Waals surface area (Å²) in [6.07, 6.45) is -4.47. The van der Waals surface area contributed by atoms with Gasteiger partial charge in [-0.1, -0.05) is 19.9 Å². The first kappa shape index (κ1) is 13.4. The molecule has 4 nitrogen and oxygen atoms in total. The second-order valence-corrected chi connectivity index (χ2v) is 4.37. The summed E-state index contributed by atoms with van der Waals surface area (Å²) in [4.78, 5) is 10.8. The minimum Gasteiger partial charge on any atom is -0.388 e. The molecule has 2 aromatic rings. The van der Waals surface area contributed by atoms with E-state index in [4.69, 9.17) is 0 Å². The summed E-state index contributed by atoms with van der Waals surface area (Å²) in [5.74, 6) is -1.24. The lowest BCUT2D eigenvalue weighted by Crippen LogP contribution is -2.10. The van der Waals surface area contributed by atoms with Gasteiger partial charge in [0.15, 0.2) is 0 Å². The summed E-state index contributed by atoms with van der Waals surface area (Å²) in [5, 5.41) is 5.52. The third-order valence-corrected chi connectivity index (χ3v) is 2.67. The lowest BCUT2D eigenvalue weighted by Gasteiger charge is -2.16. The number of alkyl halides is 3. The molecule has 0 aliphatic rings. The van der Waals surface area contributed by atoms with Gasteiger partial charge in [0.05, 0.1) is 5.56 Å². The van der Waals surface area contributed by atoms with Crippen LogP contribution in [0.25, 0.3) is 11.5 Å². The van der Waals surface area contributed by atoms with Crippen LogP contribution in [-0.4, -0.2) is 10.2 Å². The maximum atomic E-state index is 13.0. The van der Waals surface area contributed by atoms with E-state index >= 15 is 0 Å². The Morgan fingerprint density at radius 3 is 2.47 bits per heavy atom. The summed E-state index contributed by atoms with van der Waals surface area (Å²) in [7, 11) is 0. The van der Waals surface area contributed by atoms with Crippen molar-refractivity contribution in [3.63, 3.8) is 0 Å². The molecule has 0 amide bonds. The molecule has 0 aliphatic carbocycles. The highest BCUT2D eigenvalue weighted by Gasteiger charge is 2.34. The zero-order valence-electron chi connectivity index (χ0n) is 10.2. The molecule has 0 aliphatic heterocycles. The van der Waals surface area contributed by atoms with Crippen molar-refractivity contribution in [1.29, 1.82) is 0 Å². The number of nitrogens with one attached hydrogen (secondary N) is 1. The van der Waals surface area contributed by atoms with Gasteiger partial charge in [0.1, 0.15) is 0 Å². The Hall–Kier alpha value is -2.05. The molecule has 1 N–H and O–H groups in total. The van der Waals surface area contributed by atoms with Gasteiger partial charge in [-0.3, -0.25) is 0 Å². The van der Waals surface area contributed by atoms with E-state index in [1.165, 1.54) is 12.1 Å². The molecule has 19 heavy (non-hydrogen) atoms. The third kappa shape index (κ3) is 2.69. The van der Waals surface area contributed by atoms with Crippen LogP contribution in [0.1, 0.15) is 30.9 Å². The summed E-state index contributed by atoms with van der Waals surface area (Å²) in [6.45, 7) is 3.36. The first-order valence-corrected chi connectivity index (χ1v) is 5.56. The van der Waals surface area contributed by atoms with Crippen LogP contribution in [0.2, 0.25) is 0 Å². The van der Waals surface area contributed by atoms with Gasteiger partial charge in [0.25, 0.3) is 0 Å². The smallest absolute Gasteiger partial charge is 0.388 e. The Morgan fingerprint density at radius 2 is 2.00 bits per heavy atom. The largest absolute Gasteiger partial charge is 0.434 e. The van der Waals surface area contributed by atoms with Crippen molar-refractivity contribution >= 4 is 0 Å². The van der Waals surface area contributed by atoms with Crippen molar-refractivity contribution < 1.29 is 17.6 Å². The number of aromatic amines is 1. The van der Waals surface area contributed by atoms with Gasteiger partial charge in [0.2, 0.25) is 5.89 Å². The van der Waals surface area contributed by atoms with Crippen LogP contribution in [0.15, 0.2) is 27.4 Å². The normalized spacial score (nSPS) is 12.1. The molecular formula is C12H11F3N2O2. The molecule has 0 saturated heterocycles. The van der Waals surface area contributed by atoms with Crippen LogP contribution < -0.4 is 5.76 Å². The maximum absolute atomic E-state index is 13.0. The average molecular weight is 272 g/mol. The minimum atomic E-state index is -4.47. The first-order chi connectivity index (χ1) is 8.79. The molecule has 1 heterocycles. The van der Waals surface area contributed by atoms with Gasteiger partial charge in [-0.25, -0.2) is 9.89 Å². The fourth-order valence-electron chi connectivity index (χ4n) is 1.79. The molecule has 0 atom stereocenters. The number of halogens is 3. The molecule has 1 aromatic heterocycles. The van der Waals surface area contributed by atoms with Gasteiger partial charge in [-0.15, -0.1) is 5.10 Å². The number of aromatic nitrogens is 2. The van der Waals surface area contributed by atoms with E-state index in [1.807, 2.05) is 5.10 Å². The van der Waals surface area contributed by atoms with Gasteiger partial charge in [-0.2, -0.15) is 13.2 Å². The Labute approximate surface area is 106 Å². The van der Waals surface area contributed by atoms with Crippen molar-refractivity contribution in [2.45, 2.75) is 25.9 Å². The minimum absolute atomic E-state index is 0.107. The number of hydrogen-bond donors (Lipinski definition) is 1. The molecule has 0 bridgehead atoms. The SMILES string of the molecule is CC(C)c1ccc(-c2n[nH]c(=O)o2)cc1C(F)(F)F. The zero-order valence-corrected chi connectivity index (χ0v) is 10.2. The number of benzene rings is 1. The Morgan fingerprint density at radius 1 is 1.32 bits per heavy atom. The van der Waals surface area contributed by atoms with Crippen molar-refractivity contribution in [2.24, 2.45) is 0 Å². The molecule has 0 unspecified atom stereocenters. The van der Waals surface area contributed by atoms with E-state index in [0.29, 0.717) is 0 Å². The lowest BCUT2D eigenvalue weighted by molar-refractivity contribution is -0.138. The standard InChI is InChI=1S/C12H11F3N2O2/c1-6(2)8-4-3-7(5-9(8)12(13,14)15)10-16-17-11(18)19-10/h3-6H,1-2H3,(H,17,18). The topological polar surface area (TPSA) is 58.9 Å². The van der Waals surface area contributed by atoms with Crippen LogP contribution >= 0.6 is 0 Å². The number of nitrogens with zero attached hydrogens (tertiary/aromatic N) is 1. The van der Waals surface area contributed by atoms with E-state index < -0.39 is 17.5 Å². The van der Waals surface area contributed by atoms with Crippen molar-refractivity contribution in [2.75, 3.05) is 0 Å². The monoisotopic (exact) mass is 272 g/mol. The van der Waals surface area contributed by atoms with E-state index in [1.54, 1.807) is 13.8 Å². The van der Waals surface area contributed by atoms with Crippen LogP contribution in [0.3, 0.4) is 0 Å². The van der Waals surface area contributed by atoms with E-state index in [9.17, 15) is 18.0 Å². The van der Waals surface area contributed by atoms with E-state index in [-0.39, 0.29) is 22.9 Å². The molecule has 7 heteroatoms. The fourth-order valence-corrected chi connectivity index (χ4v) is 1.79. The van der Waals surface area contributed by atoms with Gasteiger partial charge in [-0.05, 0) is 23.6 Å². The predicted octanol–water partition coefficient (Wildman–Crippen LogP) is 3.17. The highest BCUT2D eigenvalue weighted by Crippen LogP contribution is 2.37. The number of hydrogen-bond acceptors (Lipinski definition) is 3. The molecular weight excluding hydrogens is 261 g/mol. The maximum Gasteiger partial charge on any atom is 0.434 e. The Balaban J connectivity index is 2.59. The van der Waals surface area contributed by atoms with Crippen LogP contribution in [0, 0.1) is 0 Å². The first-order valence-electron chi connectivity index (χ1n) is 5.56. The Bertz CT molecular complexity index is 641. The summed E-state index contributed by atoms with van der Waals surface area (Å²) in [5.41, 5.74) is -0.449. The van der Waals surface area contributed by atoms with Gasteiger partial charge in [0, 0.05) is 5.56 Å². The zero-order chi connectivity index (χ0) is 14.2. The highest BCUT2D eigenvalue weighted by molar-refractivity contribution is 5.56. The van der Waals surface area contributed by atoms with Crippen LogP contribution in [0.5, 0.6) is 0 Å². The number of rotatable bonds is 2. The van der Waals surface area contributed by atoms with E-state index in [0.717, 1.165) is 6.07 Å². The Kier molecular flexibility index (Phi) is 3.21. The summed E-state index contributed by atoms with van der Waals surface area (Å²) in [6, 6.07) is 3.76. The third-order valence-electron chi connectivity index (χ3n) is 2.67. The predicted molar refractivity (Wildman–Crippen MR) is 61.7 cm³/mol. The molecule has 2 rings (SSSR count).